The molecule has 0 aromatic carbocycles. The van der Waals surface area contributed by atoms with Gasteiger partial charge in [-0.15, -0.1) is 10.2 Å². The molecule has 26 heavy (non-hydrogen) atoms. The SMILES string of the molecule is C=CC(=O)NC1CCC=C(c2ccnc3[nH]cc(-c4nnc(C)o4)c23)C1. The van der Waals surface area contributed by atoms with Crippen molar-refractivity contribution < 1.29 is 9.21 Å². The summed E-state index contributed by atoms with van der Waals surface area (Å²) in [7, 11) is 0. The molecular formula is C19H19N5O2. The molecule has 2 N–H and O–H groups in total. The molecule has 1 unspecified atom stereocenters. The van der Waals surface area contributed by atoms with Crippen LogP contribution in [0.25, 0.3) is 28.1 Å². The smallest absolute Gasteiger partial charge is 0.249 e. The lowest BCUT2D eigenvalue weighted by Crippen LogP contribution is -2.34. The van der Waals surface area contributed by atoms with Crippen LogP contribution in [0.2, 0.25) is 0 Å². The highest BCUT2D eigenvalue weighted by Crippen LogP contribution is 2.36. The second-order valence-electron chi connectivity index (χ2n) is 6.33. The maximum Gasteiger partial charge on any atom is 0.249 e. The van der Waals surface area contributed by atoms with Crippen LogP contribution < -0.4 is 5.32 Å². The highest BCUT2D eigenvalue weighted by atomic mass is 16.4. The lowest BCUT2D eigenvalue weighted by Gasteiger charge is -2.24. The minimum Gasteiger partial charge on any atom is -0.421 e. The van der Waals surface area contributed by atoms with E-state index in [4.69, 9.17) is 4.42 Å². The van der Waals surface area contributed by atoms with E-state index in [0.717, 1.165) is 41.4 Å². The van der Waals surface area contributed by atoms with Gasteiger partial charge in [-0.3, -0.25) is 4.79 Å². The number of fused-ring (bicyclic) bond motifs is 1. The average Bonchev–Trinajstić information content (AvgIpc) is 3.27. The van der Waals surface area contributed by atoms with Crippen molar-refractivity contribution in [2.75, 3.05) is 0 Å². The fraction of sp³-hybridized carbons (Fsp3) is 0.263. The molecule has 0 fully saturated rings. The third-order valence-electron chi connectivity index (χ3n) is 4.58. The Morgan fingerprint density at radius 1 is 1.42 bits per heavy atom. The zero-order valence-corrected chi connectivity index (χ0v) is 14.5. The van der Waals surface area contributed by atoms with Crippen LogP contribution in [-0.2, 0) is 4.79 Å². The largest absolute Gasteiger partial charge is 0.421 e. The van der Waals surface area contributed by atoms with Crippen LogP contribution in [0.1, 0.15) is 30.7 Å². The average molecular weight is 349 g/mol. The maximum absolute atomic E-state index is 11.6. The summed E-state index contributed by atoms with van der Waals surface area (Å²) in [5.74, 6) is 0.847. The van der Waals surface area contributed by atoms with Crippen molar-refractivity contribution in [2.45, 2.75) is 32.2 Å². The van der Waals surface area contributed by atoms with E-state index in [9.17, 15) is 4.79 Å². The molecular weight excluding hydrogens is 330 g/mol. The third kappa shape index (κ3) is 2.92. The molecule has 1 amide bonds. The number of rotatable bonds is 4. The summed E-state index contributed by atoms with van der Waals surface area (Å²) in [5.41, 5.74) is 3.85. The summed E-state index contributed by atoms with van der Waals surface area (Å²) < 4.78 is 5.61. The molecule has 0 aliphatic heterocycles. The van der Waals surface area contributed by atoms with Crippen LogP contribution in [0, 0.1) is 6.92 Å². The van der Waals surface area contributed by atoms with Crippen LogP contribution in [0.15, 0.2) is 41.6 Å². The Morgan fingerprint density at radius 2 is 2.31 bits per heavy atom. The van der Waals surface area contributed by atoms with E-state index in [2.05, 4.69) is 38.1 Å². The number of pyridine rings is 1. The Morgan fingerprint density at radius 3 is 3.08 bits per heavy atom. The first-order valence-corrected chi connectivity index (χ1v) is 8.54. The maximum atomic E-state index is 11.6. The minimum atomic E-state index is -0.139. The second kappa shape index (κ2) is 6.59. The lowest BCUT2D eigenvalue weighted by molar-refractivity contribution is -0.117. The van der Waals surface area contributed by atoms with Gasteiger partial charge in [0, 0.05) is 30.7 Å². The summed E-state index contributed by atoms with van der Waals surface area (Å²) in [4.78, 5) is 19.2. The Labute approximate surface area is 150 Å². The van der Waals surface area contributed by atoms with Gasteiger partial charge in [-0.25, -0.2) is 4.98 Å². The third-order valence-corrected chi connectivity index (χ3v) is 4.58. The number of nitrogens with one attached hydrogen (secondary N) is 2. The summed E-state index contributed by atoms with van der Waals surface area (Å²) in [5, 5.41) is 12.0. The van der Waals surface area contributed by atoms with Crippen LogP contribution >= 0.6 is 0 Å². The molecule has 132 valence electrons. The first kappa shape index (κ1) is 16.3. The van der Waals surface area contributed by atoms with Gasteiger partial charge in [0.2, 0.25) is 17.7 Å². The number of H-pyrrole nitrogens is 1. The van der Waals surface area contributed by atoms with Gasteiger partial charge < -0.3 is 14.7 Å². The number of hydrogen-bond acceptors (Lipinski definition) is 5. The number of allylic oxidation sites excluding steroid dienone is 1. The van der Waals surface area contributed by atoms with Gasteiger partial charge in [-0.2, -0.15) is 0 Å². The summed E-state index contributed by atoms with van der Waals surface area (Å²) >= 11 is 0. The molecule has 0 spiro atoms. The quantitative estimate of drug-likeness (QED) is 0.705. The molecule has 4 rings (SSSR count). The summed E-state index contributed by atoms with van der Waals surface area (Å²) in [6, 6.07) is 2.09. The number of aromatic amines is 1. The molecule has 7 nitrogen and oxygen atoms in total. The zero-order valence-electron chi connectivity index (χ0n) is 14.5. The number of amides is 1. The fourth-order valence-corrected chi connectivity index (χ4v) is 3.41. The summed E-state index contributed by atoms with van der Waals surface area (Å²) in [6.45, 7) is 5.29. The highest BCUT2D eigenvalue weighted by molar-refractivity contribution is 6.00. The topological polar surface area (TPSA) is 96.7 Å². The van der Waals surface area contributed by atoms with E-state index >= 15 is 0 Å². The molecule has 0 bridgehead atoms. The van der Waals surface area contributed by atoms with Gasteiger partial charge in [-0.1, -0.05) is 12.7 Å². The molecule has 0 saturated carbocycles. The molecule has 1 aliphatic carbocycles. The van der Waals surface area contributed by atoms with Crippen LogP contribution in [-0.4, -0.2) is 32.1 Å². The Kier molecular flexibility index (Phi) is 4.12. The van der Waals surface area contributed by atoms with E-state index in [-0.39, 0.29) is 11.9 Å². The van der Waals surface area contributed by atoms with E-state index < -0.39 is 0 Å². The molecule has 1 aliphatic rings. The van der Waals surface area contributed by atoms with Gasteiger partial charge in [-0.05, 0) is 42.5 Å². The Balaban J connectivity index is 1.75. The van der Waals surface area contributed by atoms with Crippen LogP contribution in [0.5, 0.6) is 0 Å². The fourth-order valence-electron chi connectivity index (χ4n) is 3.41. The normalized spacial score (nSPS) is 17.1. The number of nitrogens with zero attached hydrogens (tertiary/aromatic N) is 3. The van der Waals surface area contributed by atoms with Crippen molar-refractivity contribution in [2.24, 2.45) is 0 Å². The monoisotopic (exact) mass is 349 g/mol. The van der Waals surface area contributed by atoms with Gasteiger partial charge >= 0.3 is 0 Å². The number of aryl methyl sites for hydroxylation is 1. The standard InChI is InChI=1S/C19H19N5O2/c1-3-16(25)22-13-6-4-5-12(9-13)14-7-8-20-18-17(14)15(10-21-18)19-24-23-11(2)26-19/h3,5,7-8,10,13H,1,4,6,9H2,2H3,(H,20,21)(H,22,25). The van der Waals surface area contributed by atoms with Crippen LogP contribution in [0.4, 0.5) is 0 Å². The van der Waals surface area contributed by atoms with Crippen molar-refractivity contribution >= 4 is 22.5 Å². The van der Waals surface area contributed by atoms with Crippen molar-refractivity contribution in [1.82, 2.24) is 25.5 Å². The van der Waals surface area contributed by atoms with E-state index in [0.29, 0.717) is 11.8 Å². The number of carbonyl (C=O) groups excluding carboxylic acids is 1. The molecule has 3 heterocycles. The zero-order chi connectivity index (χ0) is 18.1. The number of aromatic nitrogens is 4. The molecule has 0 radical (unpaired) electrons. The van der Waals surface area contributed by atoms with Crippen LogP contribution in [0.3, 0.4) is 0 Å². The van der Waals surface area contributed by atoms with Gasteiger partial charge in [0.25, 0.3) is 0 Å². The minimum absolute atomic E-state index is 0.0942. The first-order valence-electron chi connectivity index (χ1n) is 8.54. The van der Waals surface area contributed by atoms with Gasteiger partial charge in [0.15, 0.2) is 0 Å². The van der Waals surface area contributed by atoms with E-state index in [1.807, 2.05) is 12.3 Å². The molecule has 1 atom stereocenters. The van der Waals surface area contributed by atoms with Crippen molar-refractivity contribution in [1.29, 1.82) is 0 Å². The van der Waals surface area contributed by atoms with Gasteiger partial charge in [0.05, 0.1) is 5.56 Å². The highest BCUT2D eigenvalue weighted by Gasteiger charge is 2.22. The second-order valence-corrected chi connectivity index (χ2v) is 6.33. The van der Waals surface area contributed by atoms with E-state index in [1.165, 1.54) is 11.6 Å². The Hall–Kier alpha value is -3.22. The lowest BCUT2D eigenvalue weighted by atomic mass is 9.88. The molecule has 7 heteroatoms. The number of carbonyl (C=O) groups is 1. The van der Waals surface area contributed by atoms with Gasteiger partial charge in [0.1, 0.15) is 5.65 Å². The van der Waals surface area contributed by atoms with Crippen molar-refractivity contribution in [3.63, 3.8) is 0 Å². The molecule has 3 aromatic rings. The Bertz CT molecular complexity index is 1010. The van der Waals surface area contributed by atoms with E-state index in [1.54, 1.807) is 13.1 Å². The summed E-state index contributed by atoms with van der Waals surface area (Å²) in [6.07, 6.45) is 9.73. The number of hydrogen-bond donors (Lipinski definition) is 2. The predicted molar refractivity (Wildman–Crippen MR) is 98.1 cm³/mol. The molecule has 0 saturated heterocycles. The van der Waals surface area contributed by atoms with Crippen molar-refractivity contribution in [3.05, 3.63) is 48.6 Å². The first-order chi connectivity index (χ1) is 12.7. The van der Waals surface area contributed by atoms with Crippen molar-refractivity contribution in [3.8, 4) is 11.5 Å². The molecule has 3 aromatic heterocycles. The predicted octanol–water partition coefficient (Wildman–Crippen LogP) is 3.16.